The van der Waals surface area contributed by atoms with Crippen molar-refractivity contribution in [1.82, 2.24) is 14.1 Å². The Kier molecular flexibility index (Phi) is 7.88. The Bertz CT molecular complexity index is 1190. The normalized spacial score (nSPS) is 17.4. The number of halogens is 3. The molecule has 3 rings (SSSR count). The molecule has 0 amide bonds. The Morgan fingerprint density at radius 2 is 2.00 bits per heavy atom. The zero-order valence-electron chi connectivity index (χ0n) is 19.0. The predicted octanol–water partition coefficient (Wildman–Crippen LogP) is 3.29. The van der Waals surface area contributed by atoms with Crippen LogP contribution in [0.15, 0.2) is 34.2 Å². The minimum absolute atomic E-state index is 0.0439. The van der Waals surface area contributed by atoms with Crippen LogP contribution in [0.25, 0.3) is 0 Å². The molecule has 0 saturated carbocycles. The number of esters is 1. The van der Waals surface area contributed by atoms with E-state index in [2.05, 4.69) is 5.10 Å². The quantitative estimate of drug-likeness (QED) is 0.495. The Labute approximate surface area is 198 Å². The number of benzene rings is 1. The maximum absolute atomic E-state index is 13.5. The van der Waals surface area contributed by atoms with E-state index < -0.39 is 49.5 Å². The summed E-state index contributed by atoms with van der Waals surface area (Å²) in [7, 11) is -4.86. The van der Waals surface area contributed by atoms with Crippen molar-refractivity contribution in [2.24, 2.45) is 0 Å². The fraction of sp³-hybridized carbons (Fsp3) is 0.524. The lowest BCUT2D eigenvalue weighted by atomic mass is 9.93. The molecule has 13 heteroatoms. The largest absolute Gasteiger partial charge is 0.465 e. The summed E-state index contributed by atoms with van der Waals surface area (Å²) in [5.74, 6) is -0.431. The number of nitrogens with zero attached hydrogens (tertiary/aromatic N) is 3. The molecule has 8 nitrogen and oxygen atoms in total. The van der Waals surface area contributed by atoms with Gasteiger partial charge in [0.05, 0.1) is 40.1 Å². The third-order valence-corrected chi connectivity index (χ3v) is 8.79. The van der Waals surface area contributed by atoms with E-state index in [4.69, 9.17) is 4.74 Å². The fourth-order valence-electron chi connectivity index (χ4n) is 3.95. The van der Waals surface area contributed by atoms with Gasteiger partial charge in [0.1, 0.15) is 6.54 Å². The van der Waals surface area contributed by atoms with Crippen molar-refractivity contribution >= 4 is 26.8 Å². The molecule has 1 aliphatic rings. The van der Waals surface area contributed by atoms with Gasteiger partial charge in [0.25, 0.3) is 0 Å². The highest BCUT2D eigenvalue weighted by molar-refractivity contribution is 7.89. The van der Waals surface area contributed by atoms with Crippen LogP contribution in [0.1, 0.15) is 49.6 Å². The topological polar surface area (TPSA) is 98.6 Å². The number of hydrogen-bond acceptors (Lipinski definition) is 6. The minimum Gasteiger partial charge on any atom is -0.465 e. The maximum atomic E-state index is 13.5. The second-order valence-corrected chi connectivity index (χ2v) is 11.5. The molecule has 2 atom stereocenters. The second-order valence-electron chi connectivity index (χ2n) is 7.76. The van der Waals surface area contributed by atoms with Crippen LogP contribution in [0.4, 0.5) is 13.2 Å². The first-order chi connectivity index (χ1) is 15.9. The third-order valence-electron chi connectivity index (χ3n) is 5.66. The highest BCUT2D eigenvalue weighted by Gasteiger charge is 2.37. The van der Waals surface area contributed by atoms with Gasteiger partial charge in [-0.15, -0.1) is 0 Å². The van der Waals surface area contributed by atoms with Gasteiger partial charge in [-0.3, -0.25) is 13.7 Å². The summed E-state index contributed by atoms with van der Waals surface area (Å²) >= 11 is 0. The van der Waals surface area contributed by atoms with Gasteiger partial charge in [0.15, 0.2) is 0 Å². The van der Waals surface area contributed by atoms with Crippen molar-refractivity contribution in [3.8, 4) is 0 Å². The molecule has 0 spiro atoms. The summed E-state index contributed by atoms with van der Waals surface area (Å²) in [5, 5.41) is 4.21. The molecule has 0 aliphatic heterocycles. The van der Waals surface area contributed by atoms with E-state index in [1.165, 1.54) is 24.9 Å². The van der Waals surface area contributed by atoms with Crippen molar-refractivity contribution < 1.29 is 35.3 Å². The highest BCUT2D eigenvalue weighted by atomic mass is 32.2. The molecule has 1 unspecified atom stereocenters. The van der Waals surface area contributed by atoms with Crippen molar-refractivity contribution in [1.29, 1.82) is 0 Å². The molecule has 0 N–H and O–H groups in total. The number of aromatic nitrogens is 2. The van der Waals surface area contributed by atoms with Crippen LogP contribution in [0.3, 0.4) is 0 Å². The number of carbonyl (C=O) groups is 1. The highest BCUT2D eigenvalue weighted by Crippen LogP contribution is 2.38. The zero-order valence-corrected chi connectivity index (χ0v) is 20.6. The van der Waals surface area contributed by atoms with Crippen molar-refractivity contribution in [2.45, 2.75) is 61.7 Å². The van der Waals surface area contributed by atoms with E-state index in [9.17, 15) is 30.6 Å². The molecule has 188 valence electrons. The molecule has 1 aromatic carbocycles. The van der Waals surface area contributed by atoms with Gasteiger partial charge < -0.3 is 4.74 Å². The maximum Gasteiger partial charge on any atom is 0.416 e. The third kappa shape index (κ3) is 5.36. The van der Waals surface area contributed by atoms with Gasteiger partial charge in [-0.25, -0.2) is 8.42 Å². The smallest absolute Gasteiger partial charge is 0.416 e. The van der Waals surface area contributed by atoms with E-state index in [0.717, 1.165) is 16.4 Å². The SMILES string of the molecule is CCOC(=O)Cn1ncc2c1CCCC2N(C)S(=O)(=O)c1cc([S@](=O)CC)cc(C(F)(F)F)c1. The number of alkyl halides is 3. The van der Waals surface area contributed by atoms with Gasteiger partial charge in [-0.1, -0.05) is 6.92 Å². The predicted molar refractivity (Wildman–Crippen MR) is 118 cm³/mol. The first-order valence-electron chi connectivity index (χ1n) is 10.7. The lowest BCUT2D eigenvalue weighted by Crippen LogP contribution is -2.33. The van der Waals surface area contributed by atoms with Crippen LogP contribution in [-0.4, -0.2) is 52.1 Å². The van der Waals surface area contributed by atoms with Crippen LogP contribution in [-0.2, 0) is 49.5 Å². The number of carbonyl (C=O) groups excluding carboxylic acids is 1. The molecule has 0 saturated heterocycles. The zero-order chi connectivity index (χ0) is 25.3. The number of rotatable bonds is 8. The first kappa shape index (κ1) is 26.4. The minimum atomic E-state index is -4.80. The molecule has 1 aromatic heterocycles. The van der Waals surface area contributed by atoms with Gasteiger partial charge in [-0.2, -0.15) is 22.6 Å². The summed E-state index contributed by atoms with van der Waals surface area (Å²) in [6.45, 7) is 3.32. The summed E-state index contributed by atoms with van der Waals surface area (Å²) < 4.78 is 86.9. The Morgan fingerprint density at radius 3 is 2.62 bits per heavy atom. The summed E-state index contributed by atoms with van der Waals surface area (Å²) in [5.41, 5.74) is 0.0968. The lowest BCUT2D eigenvalue weighted by molar-refractivity contribution is -0.144. The summed E-state index contributed by atoms with van der Waals surface area (Å²) in [6, 6.07) is 1.64. The van der Waals surface area contributed by atoms with Gasteiger partial charge >= 0.3 is 12.1 Å². The van der Waals surface area contributed by atoms with Gasteiger partial charge in [-0.05, 0) is 44.4 Å². The molecule has 1 heterocycles. The Hall–Kier alpha value is -2.25. The van der Waals surface area contributed by atoms with Crippen LogP contribution < -0.4 is 0 Å². The summed E-state index contributed by atoms with van der Waals surface area (Å²) in [4.78, 5) is 11.1. The lowest BCUT2D eigenvalue weighted by Gasteiger charge is -2.31. The van der Waals surface area contributed by atoms with Crippen LogP contribution in [0.5, 0.6) is 0 Å². The average molecular weight is 522 g/mol. The molecular formula is C21H26F3N3O5S2. The summed E-state index contributed by atoms with van der Waals surface area (Å²) in [6.07, 6.45) is -1.72. The van der Waals surface area contributed by atoms with E-state index in [-0.39, 0.29) is 23.8 Å². The second kappa shape index (κ2) is 10.2. The molecule has 1 aliphatic carbocycles. The number of fused-ring (bicyclic) bond motifs is 1. The molecule has 34 heavy (non-hydrogen) atoms. The Morgan fingerprint density at radius 1 is 1.29 bits per heavy atom. The van der Waals surface area contributed by atoms with Crippen LogP contribution in [0, 0.1) is 0 Å². The van der Waals surface area contributed by atoms with E-state index in [1.807, 2.05) is 0 Å². The molecule has 0 fully saturated rings. The van der Waals surface area contributed by atoms with Crippen molar-refractivity contribution in [3.05, 3.63) is 41.2 Å². The number of sulfonamides is 1. The Balaban J connectivity index is 2.00. The van der Waals surface area contributed by atoms with Crippen molar-refractivity contribution in [3.63, 3.8) is 0 Å². The molecule has 0 bridgehead atoms. The number of hydrogen-bond donors (Lipinski definition) is 0. The molecular weight excluding hydrogens is 495 g/mol. The van der Waals surface area contributed by atoms with Gasteiger partial charge in [0.2, 0.25) is 10.0 Å². The van der Waals surface area contributed by atoms with E-state index in [0.29, 0.717) is 36.6 Å². The fourth-order valence-corrected chi connectivity index (χ4v) is 6.32. The molecule has 0 radical (unpaired) electrons. The molecule has 2 aromatic rings. The van der Waals surface area contributed by atoms with Crippen LogP contribution >= 0.6 is 0 Å². The van der Waals surface area contributed by atoms with E-state index >= 15 is 0 Å². The first-order valence-corrected chi connectivity index (χ1v) is 13.4. The average Bonchev–Trinajstić information content (AvgIpc) is 3.20. The van der Waals surface area contributed by atoms with Gasteiger partial charge in [0, 0.05) is 29.0 Å². The van der Waals surface area contributed by atoms with Crippen LogP contribution in [0.2, 0.25) is 0 Å². The monoisotopic (exact) mass is 521 g/mol. The standard InChI is InChI=1S/C21H26F3N3O5S2/c1-4-32-20(28)13-27-19-8-6-7-18(17(19)12-25-27)26(3)34(30,31)16-10-14(21(22,23)24)9-15(11-16)33(29)5-2/h9-12,18H,4-8,13H2,1-3H3/t18?,33-/m1/s1. The number of ether oxygens (including phenoxy) is 1. The van der Waals surface area contributed by atoms with Crippen molar-refractivity contribution in [2.75, 3.05) is 19.4 Å². The van der Waals surface area contributed by atoms with E-state index in [1.54, 1.807) is 6.92 Å².